The Bertz CT molecular complexity index is 515. The zero-order valence-corrected chi connectivity index (χ0v) is 12.1. The molecule has 1 amide bonds. The molecule has 1 unspecified atom stereocenters. The molecule has 1 aromatic rings. The Balaban J connectivity index is 2.13. The van der Waals surface area contributed by atoms with Crippen molar-refractivity contribution < 1.29 is 9.72 Å². The number of hydrogen-bond acceptors (Lipinski definition) is 3. The lowest BCUT2D eigenvalue weighted by Crippen LogP contribution is -2.40. The molecule has 0 heterocycles. The van der Waals surface area contributed by atoms with Gasteiger partial charge in [-0.15, -0.1) is 0 Å². The van der Waals surface area contributed by atoms with Crippen LogP contribution in [0, 0.1) is 16.0 Å². The van der Waals surface area contributed by atoms with Gasteiger partial charge in [-0.1, -0.05) is 6.42 Å². The van der Waals surface area contributed by atoms with E-state index in [0.717, 1.165) is 12.8 Å². The molecule has 1 aliphatic rings. The smallest absolute Gasteiger partial charge is 0.270 e. The van der Waals surface area contributed by atoms with Gasteiger partial charge >= 0.3 is 0 Å². The van der Waals surface area contributed by atoms with Crippen LogP contribution < -0.4 is 5.32 Å². The molecule has 0 spiro atoms. The maximum absolute atomic E-state index is 12.1. The van der Waals surface area contributed by atoms with E-state index >= 15 is 0 Å². The van der Waals surface area contributed by atoms with Crippen molar-refractivity contribution in [1.29, 1.82) is 0 Å². The second kappa shape index (κ2) is 5.69. The fourth-order valence-corrected chi connectivity index (χ4v) is 2.57. The number of nitrogens with one attached hydrogen (secondary N) is 1. The number of halogens is 1. The molecule has 0 aromatic heterocycles. The minimum absolute atomic E-state index is 0.0790. The molecule has 6 heteroatoms. The summed E-state index contributed by atoms with van der Waals surface area (Å²) < 4.78 is 0.566. The third-order valence-electron chi connectivity index (χ3n) is 3.62. The van der Waals surface area contributed by atoms with Crippen LogP contribution in [0.4, 0.5) is 5.69 Å². The van der Waals surface area contributed by atoms with Crippen LogP contribution in [0.5, 0.6) is 0 Å². The van der Waals surface area contributed by atoms with Gasteiger partial charge < -0.3 is 5.32 Å². The summed E-state index contributed by atoms with van der Waals surface area (Å²) in [6.07, 6.45) is 3.49. The zero-order valence-electron chi connectivity index (χ0n) is 10.6. The molecule has 0 aliphatic heterocycles. The molecule has 0 saturated heterocycles. The number of rotatable bonds is 4. The van der Waals surface area contributed by atoms with Crippen molar-refractivity contribution in [3.8, 4) is 0 Å². The van der Waals surface area contributed by atoms with Crippen LogP contribution in [0.2, 0.25) is 0 Å². The van der Waals surface area contributed by atoms with Crippen molar-refractivity contribution in [3.63, 3.8) is 0 Å². The van der Waals surface area contributed by atoms with Crippen LogP contribution in [0.3, 0.4) is 0 Å². The Morgan fingerprint density at radius 1 is 1.53 bits per heavy atom. The standard InChI is InChI=1S/C13H15BrN2O3/c1-8(9-3-2-4-9)15-13(17)11-7-10(16(18)19)5-6-12(11)14/h5-9H,2-4H2,1H3,(H,15,17). The summed E-state index contributed by atoms with van der Waals surface area (Å²) in [5.41, 5.74) is 0.227. The molecule has 19 heavy (non-hydrogen) atoms. The van der Waals surface area contributed by atoms with E-state index < -0.39 is 4.92 Å². The van der Waals surface area contributed by atoms with Gasteiger partial charge in [0.25, 0.3) is 11.6 Å². The lowest BCUT2D eigenvalue weighted by molar-refractivity contribution is -0.384. The summed E-state index contributed by atoms with van der Waals surface area (Å²) in [4.78, 5) is 22.4. The Hall–Kier alpha value is -1.43. The Kier molecular flexibility index (Phi) is 4.19. The van der Waals surface area contributed by atoms with Crippen LogP contribution in [-0.4, -0.2) is 16.9 Å². The minimum Gasteiger partial charge on any atom is -0.349 e. The lowest BCUT2D eigenvalue weighted by atomic mass is 9.80. The van der Waals surface area contributed by atoms with Gasteiger partial charge in [0, 0.05) is 22.6 Å². The summed E-state index contributed by atoms with van der Waals surface area (Å²) in [7, 11) is 0. The van der Waals surface area contributed by atoms with Gasteiger partial charge in [0.05, 0.1) is 10.5 Å². The van der Waals surface area contributed by atoms with E-state index in [4.69, 9.17) is 0 Å². The summed E-state index contributed by atoms with van der Waals surface area (Å²) >= 11 is 3.25. The Morgan fingerprint density at radius 3 is 2.74 bits per heavy atom. The molecule has 1 aromatic carbocycles. The molecule has 1 saturated carbocycles. The molecule has 1 fully saturated rings. The minimum atomic E-state index is -0.501. The third kappa shape index (κ3) is 3.12. The van der Waals surface area contributed by atoms with Crippen molar-refractivity contribution >= 4 is 27.5 Å². The SMILES string of the molecule is CC(NC(=O)c1cc([N+](=O)[O-])ccc1Br)C1CCC1. The highest BCUT2D eigenvalue weighted by molar-refractivity contribution is 9.10. The number of nitrogens with zero attached hydrogens (tertiary/aromatic N) is 1. The molecule has 1 N–H and O–H groups in total. The number of hydrogen-bond donors (Lipinski definition) is 1. The van der Waals surface area contributed by atoms with Gasteiger partial charge in [-0.2, -0.15) is 0 Å². The normalized spacial score (nSPS) is 16.5. The highest BCUT2D eigenvalue weighted by atomic mass is 79.9. The number of benzene rings is 1. The molecule has 0 radical (unpaired) electrons. The number of non-ortho nitro benzene ring substituents is 1. The largest absolute Gasteiger partial charge is 0.349 e. The first kappa shape index (κ1) is 14.0. The molecular weight excluding hydrogens is 312 g/mol. The average Bonchev–Trinajstić information content (AvgIpc) is 2.26. The maximum Gasteiger partial charge on any atom is 0.270 e. The quantitative estimate of drug-likeness (QED) is 0.681. The van der Waals surface area contributed by atoms with Gasteiger partial charge in [0.2, 0.25) is 0 Å². The highest BCUT2D eigenvalue weighted by Crippen LogP contribution is 2.30. The average molecular weight is 327 g/mol. The van der Waals surface area contributed by atoms with E-state index in [0.29, 0.717) is 16.0 Å². The van der Waals surface area contributed by atoms with Crippen LogP contribution in [-0.2, 0) is 0 Å². The highest BCUT2D eigenvalue weighted by Gasteiger charge is 2.26. The van der Waals surface area contributed by atoms with Gasteiger partial charge in [-0.25, -0.2) is 0 Å². The van der Waals surface area contributed by atoms with Crippen LogP contribution in [0.25, 0.3) is 0 Å². The predicted octanol–water partition coefficient (Wildman–Crippen LogP) is 3.28. The second-order valence-corrected chi connectivity index (χ2v) is 5.73. The first-order chi connectivity index (χ1) is 8.99. The van der Waals surface area contributed by atoms with Crippen molar-refractivity contribution in [2.75, 3.05) is 0 Å². The van der Waals surface area contributed by atoms with Gasteiger partial charge in [-0.3, -0.25) is 14.9 Å². The van der Waals surface area contributed by atoms with E-state index in [1.807, 2.05) is 6.92 Å². The van der Waals surface area contributed by atoms with Crippen molar-refractivity contribution in [2.45, 2.75) is 32.2 Å². The molecule has 2 rings (SSSR count). The van der Waals surface area contributed by atoms with Crippen LogP contribution >= 0.6 is 15.9 Å². The number of amides is 1. The number of carbonyl (C=O) groups excluding carboxylic acids is 1. The lowest BCUT2D eigenvalue weighted by Gasteiger charge is -2.31. The van der Waals surface area contributed by atoms with Crippen LogP contribution in [0.1, 0.15) is 36.5 Å². The second-order valence-electron chi connectivity index (χ2n) is 4.87. The first-order valence-electron chi connectivity index (χ1n) is 6.24. The van der Waals surface area contributed by atoms with Crippen molar-refractivity contribution in [2.24, 2.45) is 5.92 Å². The number of nitro groups is 1. The molecule has 1 atom stereocenters. The Morgan fingerprint density at radius 2 is 2.21 bits per heavy atom. The molecule has 0 bridgehead atoms. The first-order valence-corrected chi connectivity index (χ1v) is 7.03. The third-order valence-corrected chi connectivity index (χ3v) is 4.31. The zero-order chi connectivity index (χ0) is 14.0. The van der Waals surface area contributed by atoms with E-state index in [-0.39, 0.29) is 17.6 Å². The molecule has 5 nitrogen and oxygen atoms in total. The number of nitro benzene ring substituents is 1. The van der Waals surface area contributed by atoms with Gasteiger partial charge in [0.15, 0.2) is 0 Å². The van der Waals surface area contributed by atoms with Crippen molar-refractivity contribution in [1.82, 2.24) is 5.32 Å². The van der Waals surface area contributed by atoms with E-state index in [9.17, 15) is 14.9 Å². The van der Waals surface area contributed by atoms with Crippen LogP contribution in [0.15, 0.2) is 22.7 Å². The molecule has 102 valence electrons. The molecular formula is C13H15BrN2O3. The number of carbonyl (C=O) groups is 1. The topological polar surface area (TPSA) is 72.2 Å². The monoisotopic (exact) mass is 326 g/mol. The van der Waals surface area contributed by atoms with Crippen molar-refractivity contribution in [3.05, 3.63) is 38.3 Å². The predicted molar refractivity (Wildman–Crippen MR) is 75.1 cm³/mol. The summed E-state index contributed by atoms with van der Waals surface area (Å²) in [6.45, 7) is 1.98. The summed E-state index contributed by atoms with van der Waals surface area (Å²) in [5.74, 6) is 0.261. The van der Waals surface area contributed by atoms with E-state index in [1.165, 1.54) is 24.6 Å². The summed E-state index contributed by atoms with van der Waals surface area (Å²) in [6, 6.07) is 4.30. The Labute approximate surface area is 119 Å². The fraction of sp³-hybridized carbons (Fsp3) is 0.462. The van der Waals surface area contributed by atoms with E-state index in [2.05, 4.69) is 21.2 Å². The fourth-order valence-electron chi connectivity index (χ4n) is 2.14. The molecule has 1 aliphatic carbocycles. The van der Waals surface area contributed by atoms with E-state index in [1.54, 1.807) is 0 Å². The van der Waals surface area contributed by atoms with Gasteiger partial charge in [-0.05, 0) is 47.7 Å². The summed E-state index contributed by atoms with van der Waals surface area (Å²) in [5, 5.41) is 13.6. The van der Waals surface area contributed by atoms with Gasteiger partial charge in [0.1, 0.15) is 0 Å². The maximum atomic E-state index is 12.1.